The summed E-state index contributed by atoms with van der Waals surface area (Å²) in [6.45, 7) is 1.89. The number of nitrogens with zero attached hydrogens (tertiary/aromatic N) is 1. The number of hydrogen-bond donors (Lipinski definition) is 3. The Bertz CT molecular complexity index is 688. The van der Waals surface area contributed by atoms with Crippen molar-refractivity contribution in [1.29, 1.82) is 0 Å². The van der Waals surface area contributed by atoms with Gasteiger partial charge in [-0.2, -0.15) is 0 Å². The predicted molar refractivity (Wildman–Crippen MR) is 77.7 cm³/mol. The van der Waals surface area contributed by atoms with E-state index in [1.807, 2.05) is 13.0 Å². The van der Waals surface area contributed by atoms with Gasteiger partial charge < -0.3 is 15.5 Å². The van der Waals surface area contributed by atoms with Gasteiger partial charge in [-0.3, -0.25) is 0 Å². The standard InChI is InChI=1S/C16H16F2N2O2/c1-9-2-3-14-13(4-9)15(21)20(16(22)19-14)8-10-5-11(17)7-12(18)6-10/h2-7,15-16,19,21-22H,8H2,1H3. The number of nitrogens with one attached hydrogen (secondary N) is 1. The molecule has 3 rings (SSSR count). The summed E-state index contributed by atoms with van der Waals surface area (Å²) in [5, 5.41) is 23.4. The highest BCUT2D eigenvalue weighted by molar-refractivity contribution is 5.55. The van der Waals surface area contributed by atoms with Crippen molar-refractivity contribution in [1.82, 2.24) is 4.90 Å². The molecule has 0 aliphatic carbocycles. The maximum absolute atomic E-state index is 13.3. The molecule has 1 aliphatic heterocycles. The first-order valence-electron chi connectivity index (χ1n) is 6.88. The molecule has 2 aromatic rings. The molecule has 0 amide bonds. The number of rotatable bonds is 2. The Labute approximate surface area is 126 Å². The molecule has 2 aromatic carbocycles. The van der Waals surface area contributed by atoms with Crippen molar-refractivity contribution in [2.45, 2.75) is 26.0 Å². The lowest BCUT2D eigenvalue weighted by molar-refractivity contribution is -0.104. The highest BCUT2D eigenvalue weighted by Crippen LogP contribution is 2.34. The minimum Gasteiger partial charge on any atom is -0.374 e. The Kier molecular flexibility index (Phi) is 3.82. The number of fused-ring (bicyclic) bond motifs is 1. The normalized spacial score (nSPS) is 21.3. The minimum atomic E-state index is -1.16. The Morgan fingerprint density at radius 2 is 1.77 bits per heavy atom. The van der Waals surface area contributed by atoms with E-state index in [2.05, 4.69) is 5.32 Å². The summed E-state index contributed by atoms with van der Waals surface area (Å²) in [4.78, 5) is 1.32. The van der Waals surface area contributed by atoms with Crippen LogP contribution in [0.3, 0.4) is 0 Å². The summed E-state index contributed by atoms with van der Waals surface area (Å²) in [6.07, 6.45) is -2.23. The maximum Gasteiger partial charge on any atom is 0.186 e. The van der Waals surface area contributed by atoms with E-state index >= 15 is 0 Å². The summed E-state index contributed by atoms with van der Waals surface area (Å²) >= 11 is 0. The van der Waals surface area contributed by atoms with Gasteiger partial charge in [0.1, 0.15) is 17.9 Å². The fourth-order valence-electron chi connectivity index (χ4n) is 2.65. The van der Waals surface area contributed by atoms with Crippen LogP contribution in [-0.4, -0.2) is 21.5 Å². The van der Waals surface area contributed by atoms with E-state index in [1.165, 1.54) is 17.0 Å². The first-order chi connectivity index (χ1) is 10.4. The molecule has 4 nitrogen and oxygen atoms in total. The number of aliphatic hydroxyl groups excluding tert-OH is 2. The van der Waals surface area contributed by atoms with Gasteiger partial charge >= 0.3 is 0 Å². The zero-order valence-corrected chi connectivity index (χ0v) is 11.9. The van der Waals surface area contributed by atoms with Crippen molar-refractivity contribution in [3.63, 3.8) is 0 Å². The second-order valence-electron chi connectivity index (χ2n) is 5.43. The largest absolute Gasteiger partial charge is 0.374 e. The smallest absolute Gasteiger partial charge is 0.186 e. The van der Waals surface area contributed by atoms with Crippen LogP contribution in [0.5, 0.6) is 0 Å². The predicted octanol–water partition coefficient (Wildman–Crippen LogP) is 2.47. The summed E-state index contributed by atoms with van der Waals surface area (Å²) in [7, 11) is 0. The van der Waals surface area contributed by atoms with Crippen molar-refractivity contribution in [3.8, 4) is 0 Å². The molecule has 1 heterocycles. The SMILES string of the molecule is Cc1ccc2c(c1)C(O)N(Cc1cc(F)cc(F)c1)C(O)N2. The van der Waals surface area contributed by atoms with Gasteiger partial charge in [0.05, 0.1) is 0 Å². The summed E-state index contributed by atoms with van der Waals surface area (Å²) in [5.74, 6) is -1.39. The molecule has 2 atom stereocenters. The molecule has 0 saturated carbocycles. The van der Waals surface area contributed by atoms with E-state index in [4.69, 9.17) is 0 Å². The second-order valence-corrected chi connectivity index (χ2v) is 5.43. The number of benzene rings is 2. The maximum atomic E-state index is 13.3. The molecule has 0 fully saturated rings. The van der Waals surface area contributed by atoms with Crippen molar-refractivity contribution in [3.05, 3.63) is 64.7 Å². The fourth-order valence-corrected chi connectivity index (χ4v) is 2.65. The zero-order valence-electron chi connectivity index (χ0n) is 11.9. The Morgan fingerprint density at radius 3 is 2.45 bits per heavy atom. The van der Waals surface area contributed by atoms with Crippen molar-refractivity contribution in [2.24, 2.45) is 0 Å². The van der Waals surface area contributed by atoms with Gasteiger partial charge in [0.25, 0.3) is 0 Å². The minimum absolute atomic E-state index is 0.00258. The van der Waals surface area contributed by atoms with Crippen LogP contribution in [0.25, 0.3) is 0 Å². The Morgan fingerprint density at radius 1 is 1.09 bits per heavy atom. The molecule has 0 aromatic heterocycles. The molecular weight excluding hydrogens is 290 g/mol. The average molecular weight is 306 g/mol. The van der Waals surface area contributed by atoms with E-state index < -0.39 is 24.2 Å². The molecule has 22 heavy (non-hydrogen) atoms. The molecule has 116 valence electrons. The van der Waals surface area contributed by atoms with Crippen molar-refractivity contribution >= 4 is 5.69 Å². The molecule has 0 radical (unpaired) electrons. The summed E-state index contributed by atoms with van der Waals surface area (Å²) in [5.41, 5.74) is 2.54. The van der Waals surface area contributed by atoms with Gasteiger partial charge in [-0.05, 0) is 30.7 Å². The third kappa shape index (κ3) is 2.81. The van der Waals surface area contributed by atoms with Crippen LogP contribution in [0, 0.1) is 18.6 Å². The highest BCUT2D eigenvalue weighted by Gasteiger charge is 2.31. The van der Waals surface area contributed by atoms with E-state index in [1.54, 1.807) is 12.1 Å². The van der Waals surface area contributed by atoms with E-state index in [0.29, 0.717) is 16.8 Å². The van der Waals surface area contributed by atoms with Crippen LogP contribution in [-0.2, 0) is 6.54 Å². The van der Waals surface area contributed by atoms with Gasteiger partial charge in [0.2, 0.25) is 0 Å². The molecule has 0 saturated heterocycles. The topological polar surface area (TPSA) is 55.7 Å². The Hall–Kier alpha value is -2.02. The van der Waals surface area contributed by atoms with E-state index in [-0.39, 0.29) is 6.54 Å². The van der Waals surface area contributed by atoms with Gasteiger partial charge in [0, 0.05) is 23.9 Å². The van der Waals surface area contributed by atoms with Crippen LogP contribution in [0.4, 0.5) is 14.5 Å². The molecule has 0 spiro atoms. The van der Waals surface area contributed by atoms with Crippen LogP contribution in [0.1, 0.15) is 22.9 Å². The summed E-state index contributed by atoms with van der Waals surface area (Å²) < 4.78 is 26.5. The second kappa shape index (κ2) is 5.64. The monoisotopic (exact) mass is 306 g/mol. The van der Waals surface area contributed by atoms with Crippen LogP contribution in [0.2, 0.25) is 0 Å². The van der Waals surface area contributed by atoms with Gasteiger partial charge in [-0.15, -0.1) is 0 Å². The van der Waals surface area contributed by atoms with Crippen LogP contribution in [0.15, 0.2) is 36.4 Å². The number of halogens is 2. The van der Waals surface area contributed by atoms with Gasteiger partial charge in [-0.25, -0.2) is 13.7 Å². The molecule has 3 N–H and O–H groups in total. The van der Waals surface area contributed by atoms with E-state index in [0.717, 1.165) is 11.6 Å². The Balaban J connectivity index is 1.90. The summed E-state index contributed by atoms with van der Waals surface area (Å²) in [6, 6.07) is 8.57. The molecule has 6 heteroatoms. The van der Waals surface area contributed by atoms with Crippen molar-refractivity contribution in [2.75, 3.05) is 5.32 Å². The number of anilines is 1. The fraction of sp³-hybridized carbons (Fsp3) is 0.250. The lowest BCUT2D eigenvalue weighted by Gasteiger charge is -2.38. The quantitative estimate of drug-likeness (QED) is 0.798. The average Bonchev–Trinajstić information content (AvgIpc) is 2.43. The highest BCUT2D eigenvalue weighted by atomic mass is 19.1. The third-order valence-corrected chi connectivity index (χ3v) is 3.69. The first-order valence-corrected chi connectivity index (χ1v) is 6.88. The number of aliphatic hydroxyl groups is 2. The van der Waals surface area contributed by atoms with Crippen molar-refractivity contribution < 1.29 is 19.0 Å². The van der Waals surface area contributed by atoms with Gasteiger partial charge in [0.15, 0.2) is 6.35 Å². The number of hydrogen-bond acceptors (Lipinski definition) is 4. The molecule has 1 aliphatic rings. The molecule has 2 unspecified atom stereocenters. The lowest BCUT2D eigenvalue weighted by Crippen LogP contribution is -2.46. The third-order valence-electron chi connectivity index (χ3n) is 3.69. The van der Waals surface area contributed by atoms with Gasteiger partial charge in [-0.1, -0.05) is 17.7 Å². The molecule has 0 bridgehead atoms. The number of aryl methyl sites for hydroxylation is 1. The van der Waals surface area contributed by atoms with Crippen LogP contribution < -0.4 is 5.32 Å². The first kappa shape index (κ1) is 14.9. The molecular formula is C16H16F2N2O2. The lowest BCUT2D eigenvalue weighted by atomic mass is 10.0. The zero-order chi connectivity index (χ0) is 15.9. The van der Waals surface area contributed by atoms with Crippen LogP contribution >= 0.6 is 0 Å². The van der Waals surface area contributed by atoms with E-state index in [9.17, 15) is 19.0 Å².